The lowest BCUT2D eigenvalue weighted by Gasteiger charge is -2.21. The van der Waals surface area contributed by atoms with Gasteiger partial charge < -0.3 is 15.0 Å². The lowest BCUT2D eigenvalue weighted by Crippen LogP contribution is -2.36. The van der Waals surface area contributed by atoms with Crippen LogP contribution in [0.5, 0.6) is 0 Å². The van der Waals surface area contributed by atoms with E-state index >= 15 is 0 Å². The predicted molar refractivity (Wildman–Crippen MR) is 100 cm³/mol. The van der Waals surface area contributed by atoms with Crippen LogP contribution in [0.3, 0.4) is 0 Å². The number of rotatable bonds is 6. The molecule has 0 unspecified atom stereocenters. The third-order valence-corrected chi connectivity index (χ3v) is 3.93. The Kier molecular flexibility index (Phi) is 6.49. The summed E-state index contributed by atoms with van der Waals surface area (Å²) in [5, 5.41) is 2.78. The Balaban J connectivity index is 2.08. The number of ether oxygens (including phenoxy) is 1. The number of benzene rings is 2. The van der Waals surface area contributed by atoms with Crippen molar-refractivity contribution in [2.75, 3.05) is 23.9 Å². The maximum absolute atomic E-state index is 12.3. The second-order valence-corrected chi connectivity index (χ2v) is 5.74. The number of carbonyl (C=O) groups is 3. The molecular formula is C20H22N2O4. The molecular weight excluding hydrogens is 332 g/mol. The van der Waals surface area contributed by atoms with E-state index in [9.17, 15) is 14.4 Å². The molecule has 2 aromatic rings. The molecule has 0 heterocycles. The molecule has 0 saturated heterocycles. The highest BCUT2D eigenvalue weighted by molar-refractivity contribution is 6.02. The van der Waals surface area contributed by atoms with Crippen molar-refractivity contribution in [3.05, 3.63) is 59.7 Å². The number of methoxy groups -OCH3 is 1. The van der Waals surface area contributed by atoms with E-state index in [2.05, 4.69) is 17.0 Å². The Morgan fingerprint density at radius 2 is 1.62 bits per heavy atom. The first kappa shape index (κ1) is 19.2. The van der Waals surface area contributed by atoms with Crippen molar-refractivity contribution < 1.29 is 19.1 Å². The fourth-order valence-electron chi connectivity index (χ4n) is 2.45. The maximum Gasteiger partial charge on any atom is 0.337 e. The highest BCUT2D eigenvalue weighted by Crippen LogP contribution is 2.17. The maximum atomic E-state index is 12.3. The molecule has 2 rings (SSSR count). The SMILES string of the molecule is CCc1ccc(NC(=O)CN(C(C)=O)c2ccc(C(=O)OC)cc2)cc1. The van der Waals surface area contributed by atoms with Gasteiger partial charge in [-0.2, -0.15) is 0 Å². The van der Waals surface area contributed by atoms with Crippen LogP contribution in [0.4, 0.5) is 11.4 Å². The molecule has 0 saturated carbocycles. The molecule has 26 heavy (non-hydrogen) atoms. The van der Waals surface area contributed by atoms with Crippen molar-refractivity contribution in [3.63, 3.8) is 0 Å². The van der Waals surface area contributed by atoms with Gasteiger partial charge in [0.2, 0.25) is 11.8 Å². The number of aryl methyl sites for hydroxylation is 1. The van der Waals surface area contributed by atoms with E-state index in [1.54, 1.807) is 24.3 Å². The number of amides is 2. The largest absolute Gasteiger partial charge is 0.465 e. The van der Waals surface area contributed by atoms with E-state index in [0.29, 0.717) is 16.9 Å². The standard InChI is InChI=1S/C20H22N2O4/c1-4-15-5-9-17(10-6-15)21-19(24)13-22(14(2)23)18-11-7-16(8-12-18)20(25)26-3/h5-12H,4,13H2,1-3H3,(H,21,24). The van der Waals surface area contributed by atoms with Crippen molar-refractivity contribution in [1.29, 1.82) is 0 Å². The molecule has 2 amide bonds. The number of esters is 1. The molecule has 0 aliphatic heterocycles. The van der Waals surface area contributed by atoms with Crippen LogP contribution in [0, 0.1) is 0 Å². The Morgan fingerprint density at radius 1 is 1.00 bits per heavy atom. The molecule has 0 aliphatic rings. The summed E-state index contributed by atoms with van der Waals surface area (Å²) in [4.78, 5) is 37.1. The summed E-state index contributed by atoms with van der Waals surface area (Å²) in [7, 11) is 1.30. The molecule has 0 aromatic heterocycles. The smallest absolute Gasteiger partial charge is 0.337 e. The number of nitrogens with one attached hydrogen (secondary N) is 1. The molecule has 0 atom stereocenters. The minimum absolute atomic E-state index is 0.123. The Bertz CT molecular complexity index is 782. The average Bonchev–Trinajstić information content (AvgIpc) is 2.66. The minimum Gasteiger partial charge on any atom is -0.465 e. The number of hydrogen-bond donors (Lipinski definition) is 1. The highest BCUT2D eigenvalue weighted by Gasteiger charge is 2.16. The van der Waals surface area contributed by atoms with Gasteiger partial charge in [0.1, 0.15) is 6.54 Å². The van der Waals surface area contributed by atoms with Crippen LogP contribution in [-0.2, 0) is 20.7 Å². The van der Waals surface area contributed by atoms with Gasteiger partial charge in [-0.15, -0.1) is 0 Å². The Hall–Kier alpha value is -3.15. The fraction of sp³-hybridized carbons (Fsp3) is 0.250. The van der Waals surface area contributed by atoms with Crippen molar-refractivity contribution in [2.45, 2.75) is 20.3 Å². The van der Waals surface area contributed by atoms with Crippen molar-refractivity contribution in [1.82, 2.24) is 0 Å². The van der Waals surface area contributed by atoms with Gasteiger partial charge in [-0.25, -0.2) is 4.79 Å². The Labute approximate surface area is 152 Å². The van der Waals surface area contributed by atoms with Gasteiger partial charge in [0.25, 0.3) is 0 Å². The van der Waals surface area contributed by atoms with Crippen LogP contribution < -0.4 is 10.2 Å². The summed E-state index contributed by atoms with van der Waals surface area (Å²) in [5.41, 5.74) is 2.76. The summed E-state index contributed by atoms with van der Waals surface area (Å²) >= 11 is 0. The summed E-state index contributed by atoms with van der Waals surface area (Å²) in [6, 6.07) is 13.9. The summed E-state index contributed by atoms with van der Waals surface area (Å²) in [6.07, 6.45) is 0.925. The zero-order chi connectivity index (χ0) is 19.1. The van der Waals surface area contributed by atoms with E-state index in [-0.39, 0.29) is 18.4 Å². The molecule has 136 valence electrons. The van der Waals surface area contributed by atoms with E-state index in [1.165, 1.54) is 24.5 Å². The molecule has 0 radical (unpaired) electrons. The minimum atomic E-state index is -0.459. The molecule has 0 bridgehead atoms. The van der Waals surface area contributed by atoms with Crippen LogP contribution in [0.15, 0.2) is 48.5 Å². The van der Waals surface area contributed by atoms with Gasteiger partial charge >= 0.3 is 5.97 Å². The highest BCUT2D eigenvalue weighted by atomic mass is 16.5. The molecule has 6 nitrogen and oxygen atoms in total. The topological polar surface area (TPSA) is 75.7 Å². The number of anilines is 2. The van der Waals surface area contributed by atoms with Crippen LogP contribution in [0.1, 0.15) is 29.8 Å². The zero-order valence-corrected chi connectivity index (χ0v) is 15.1. The van der Waals surface area contributed by atoms with Gasteiger partial charge in [-0.05, 0) is 48.4 Å². The average molecular weight is 354 g/mol. The first-order valence-electron chi connectivity index (χ1n) is 8.30. The third-order valence-electron chi connectivity index (χ3n) is 3.93. The summed E-state index contributed by atoms with van der Waals surface area (Å²) < 4.78 is 4.65. The quantitative estimate of drug-likeness (QED) is 0.809. The molecule has 6 heteroatoms. The molecule has 2 aromatic carbocycles. The number of carbonyl (C=O) groups excluding carboxylic acids is 3. The van der Waals surface area contributed by atoms with Gasteiger partial charge in [0.15, 0.2) is 0 Å². The zero-order valence-electron chi connectivity index (χ0n) is 15.1. The molecule has 0 aliphatic carbocycles. The monoisotopic (exact) mass is 354 g/mol. The van der Waals surface area contributed by atoms with Crippen LogP contribution >= 0.6 is 0 Å². The van der Waals surface area contributed by atoms with E-state index in [1.807, 2.05) is 24.3 Å². The summed E-state index contributed by atoms with van der Waals surface area (Å²) in [5.74, 6) is -1.03. The fourth-order valence-corrected chi connectivity index (χ4v) is 2.45. The lowest BCUT2D eigenvalue weighted by atomic mass is 10.1. The molecule has 1 N–H and O–H groups in total. The predicted octanol–water partition coefficient (Wildman–Crippen LogP) is 3.03. The number of nitrogens with zero attached hydrogens (tertiary/aromatic N) is 1. The van der Waals surface area contributed by atoms with Crippen molar-refractivity contribution in [3.8, 4) is 0 Å². The third kappa shape index (κ3) is 4.92. The van der Waals surface area contributed by atoms with E-state index in [0.717, 1.165) is 6.42 Å². The van der Waals surface area contributed by atoms with Crippen LogP contribution in [0.25, 0.3) is 0 Å². The first-order valence-corrected chi connectivity index (χ1v) is 8.30. The van der Waals surface area contributed by atoms with Crippen LogP contribution in [0.2, 0.25) is 0 Å². The van der Waals surface area contributed by atoms with Gasteiger partial charge in [0, 0.05) is 18.3 Å². The molecule has 0 fully saturated rings. The second-order valence-electron chi connectivity index (χ2n) is 5.74. The second kappa shape index (κ2) is 8.80. The Morgan fingerprint density at radius 3 is 2.12 bits per heavy atom. The lowest BCUT2D eigenvalue weighted by molar-refractivity contribution is -0.120. The van der Waals surface area contributed by atoms with E-state index < -0.39 is 5.97 Å². The van der Waals surface area contributed by atoms with Crippen molar-refractivity contribution >= 4 is 29.2 Å². The summed E-state index contributed by atoms with van der Waals surface area (Å²) in [6.45, 7) is 3.32. The number of hydrogen-bond acceptors (Lipinski definition) is 4. The molecule has 0 spiro atoms. The van der Waals surface area contributed by atoms with Gasteiger partial charge in [-0.3, -0.25) is 9.59 Å². The first-order chi connectivity index (χ1) is 12.4. The van der Waals surface area contributed by atoms with Gasteiger partial charge in [0.05, 0.1) is 12.7 Å². The normalized spacial score (nSPS) is 10.1. The van der Waals surface area contributed by atoms with Crippen LogP contribution in [-0.4, -0.2) is 31.4 Å². The van der Waals surface area contributed by atoms with Gasteiger partial charge in [-0.1, -0.05) is 19.1 Å². The van der Waals surface area contributed by atoms with E-state index in [4.69, 9.17) is 0 Å². The van der Waals surface area contributed by atoms with Crippen molar-refractivity contribution in [2.24, 2.45) is 0 Å².